The number of methoxy groups -OCH3 is 1. The van der Waals surface area contributed by atoms with Crippen LogP contribution in [0, 0.1) is 0 Å². The first-order chi connectivity index (χ1) is 12.1. The van der Waals surface area contributed by atoms with Gasteiger partial charge in [0.2, 0.25) is 0 Å². The number of esters is 1. The van der Waals surface area contributed by atoms with Gasteiger partial charge in [0.25, 0.3) is 7.52 Å². The Labute approximate surface area is 154 Å². The van der Waals surface area contributed by atoms with Gasteiger partial charge in [0.05, 0.1) is 13.7 Å². The molecule has 0 aliphatic rings. The highest BCUT2D eigenvalue weighted by Gasteiger charge is 2.38. The van der Waals surface area contributed by atoms with Crippen molar-refractivity contribution in [3.05, 3.63) is 35.9 Å². The smallest absolute Gasteiger partial charge is 0.408 e. The van der Waals surface area contributed by atoms with E-state index in [0.717, 1.165) is 0 Å². The monoisotopic (exact) mass is 386 g/mol. The molecule has 0 heterocycles. The Bertz CT molecular complexity index is 644. The second-order valence-electron chi connectivity index (χ2n) is 6.39. The molecule has 9 heteroatoms. The molecule has 0 fully saturated rings. The number of hydrogen-bond donors (Lipinski definition) is 2. The number of carbonyl (C=O) groups is 2. The van der Waals surface area contributed by atoms with Crippen LogP contribution in [0.15, 0.2) is 30.3 Å². The maximum Gasteiger partial charge on any atom is 0.408 e. The van der Waals surface area contributed by atoms with Gasteiger partial charge in [-0.15, -0.1) is 0 Å². The second-order valence-corrected chi connectivity index (χ2v) is 8.67. The van der Waals surface area contributed by atoms with Crippen molar-refractivity contribution >= 4 is 19.6 Å². The Hall–Kier alpha value is -1.89. The molecule has 2 N–H and O–H groups in total. The Kier molecular flexibility index (Phi) is 8.27. The van der Waals surface area contributed by atoms with Crippen LogP contribution in [0.1, 0.15) is 39.0 Å². The van der Waals surface area contributed by atoms with E-state index in [-0.39, 0.29) is 13.2 Å². The molecule has 1 amide bonds. The molecule has 0 bridgehead atoms. The highest BCUT2D eigenvalue weighted by molar-refractivity contribution is 7.57. The highest BCUT2D eigenvalue weighted by Crippen LogP contribution is 2.55. The summed E-state index contributed by atoms with van der Waals surface area (Å²) in [5.41, 5.74) is -0.173. The van der Waals surface area contributed by atoms with Gasteiger partial charge < -0.3 is 19.3 Å². The summed E-state index contributed by atoms with van der Waals surface area (Å²) in [6, 6.07) is 8.69. The average Bonchev–Trinajstić information content (AvgIpc) is 2.57. The topological polar surface area (TPSA) is 103 Å². The number of carbonyl (C=O) groups excluding carboxylic acids is 2. The van der Waals surface area contributed by atoms with Gasteiger partial charge in [0.15, 0.2) is 0 Å². The summed E-state index contributed by atoms with van der Waals surface area (Å²) in [5.74, 6) is -1.64. The fraction of sp³-hybridized carbons (Fsp3) is 0.529. The van der Waals surface area contributed by atoms with Gasteiger partial charge in [0, 0.05) is 0 Å². The molecule has 0 aliphatic heterocycles. The lowest BCUT2D eigenvalue weighted by atomic mass is 10.2. The molecule has 1 rings (SSSR count). The number of nitrogens with one attached hydrogen (secondary N) is 2. The van der Waals surface area contributed by atoms with E-state index in [0.29, 0.717) is 5.56 Å². The van der Waals surface area contributed by atoms with Crippen LogP contribution in [0.3, 0.4) is 0 Å². The predicted molar refractivity (Wildman–Crippen MR) is 97.8 cm³/mol. The fourth-order valence-corrected chi connectivity index (χ4v) is 4.07. The third-order valence-corrected chi connectivity index (χ3v) is 5.45. The lowest BCUT2D eigenvalue weighted by Crippen LogP contribution is -2.37. The maximum absolute atomic E-state index is 13.4. The van der Waals surface area contributed by atoms with Crippen molar-refractivity contribution in [1.29, 1.82) is 0 Å². The van der Waals surface area contributed by atoms with E-state index < -0.39 is 31.0 Å². The first-order valence-corrected chi connectivity index (χ1v) is 9.91. The molecule has 8 nitrogen and oxygen atoms in total. The van der Waals surface area contributed by atoms with Gasteiger partial charge in [-0.3, -0.25) is 9.36 Å². The Balaban J connectivity index is 3.16. The molecule has 0 saturated carbocycles. The Morgan fingerprint density at radius 1 is 1.19 bits per heavy atom. The number of benzene rings is 1. The van der Waals surface area contributed by atoms with Crippen LogP contribution in [-0.4, -0.2) is 37.9 Å². The molecule has 2 unspecified atom stereocenters. The largest absolute Gasteiger partial charge is 0.468 e. The van der Waals surface area contributed by atoms with Crippen LogP contribution in [-0.2, 0) is 23.4 Å². The molecule has 1 aromatic carbocycles. The quantitative estimate of drug-likeness (QED) is 0.522. The molecule has 0 aromatic heterocycles. The van der Waals surface area contributed by atoms with Crippen LogP contribution < -0.4 is 10.4 Å². The first kappa shape index (κ1) is 22.2. The van der Waals surface area contributed by atoms with Gasteiger partial charge in [0.1, 0.15) is 17.9 Å². The minimum absolute atomic E-state index is 0.116. The number of ether oxygens (including phenoxy) is 2. The lowest BCUT2D eigenvalue weighted by molar-refractivity contribution is -0.139. The predicted octanol–water partition coefficient (Wildman–Crippen LogP) is 3.20. The van der Waals surface area contributed by atoms with E-state index in [4.69, 9.17) is 9.26 Å². The molecule has 1 aromatic rings. The SMILES string of the molecule is CCOP(=O)(NCC(=O)OC)C(NC(=O)OC(C)(C)C)c1ccccc1. The van der Waals surface area contributed by atoms with E-state index >= 15 is 0 Å². The zero-order chi connectivity index (χ0) is 19.8. The number of alkyl carbamates (subject to hydrolysis) is 1. The number of amides is 1. The molecule has 146 valence electrons. The summed E-state index contributed by atoms with van der Waals surface area (Å²) in [6.45, 7) is 6.63. The third kappa shape index (κ3) is 7.15. The van der Waals surface area contributed by atoms with Crippen molar-refractivity contribution in [2.45, 2.75) is 39.1 Å². The second kappa shape index (κ2) is 9.71. The van der Waals surface area contributed by atoms with E-state index in [1.807, 2.05) is 0 Å². The third-order valence-electron chi connectivity index (χ3n) is 3.10. The molecule has 0 saturated heterocycles. The van der Waals surface area contributed by atoms with Crippen molar-refractivity contribution in [3.63, 3.8) is 0 Å². The van der Waals surface area contributed by atoms with Crippen molar-refractivity contribution in [2.24, 2.45) is 0 Å². The summed E-state index contributed by atoms with van der Waals surface area (Å²) < 4.78 is 28.7. The summed E-state index contributed by atoms with van der Waals surface area (Å²) >= 11 is 0. The van der Waals surface area contributed by atoms with E-state index in [1.54, 1.807) is 58.0 Å². The van der Waals surface area contributed by atoms with E-state index in [2.05, 4.69) is 15.1 Å². The molecular formula is C17H27N2O6P. The summed E-state index contributed by atoms with van der Waals surface area (Å²) in [7, 11) is -2.48. The van der Waals surface area contributed by atoms with Crippen molar-refractivity contribution < 1.29 is 28.2 Å². The molecule has 0 radical (unpaired) electrons. The molecule has 2 atom stereocenters. The van der Waals surface area contributed by atoms with Crippen LogP contribution in [0.25, 0.3) is 0 Å². The Morgan fingerprint density at radius 3 is 2.31 bits per heavy atom. The van der Waals surface area contributed by atoms with Crippen molar-refractivity contribution in [2.75, 3.05) is 20.3 Å². The summed E-state index contributed by atoms with van der Waals surface area (Å²) in [4.78, 5) is 23.7. The zero-order valence-electron chi connectivity index (χ0n) is 15.8. The molecule has 0 aliphatic carbocycles. The first-order valence-electron chi connectivity index (χ1n) is 8.22. The van der Waals surface area contributed by atoms with E-state index in [1.165, 1.54) is 7.11 Å². The van der Waals surface area contributed by atoms with Gasteiger partial charge >= 0.3 is 12.1 Å². The van der Waals surface area contributed by atoms with Gasteiger partial charge in [-0.05, 0) is 33.3 Å². The zero-order valence-corrected chi connectivity index (χ0v) is 16.7. The normalized spacial score (nSPS) is 14.8. The van der Waals surface area contributed by atoms with E-state index in [9.17, 15) is 14.2 Å². The minimum atomic E-state index is -3.70. The lowest BCUT2D eigenvalue weighted by Gasteiger charge is -2.29. The van der Waals surface area contributed by atoms with Gasteiger partial charge in [-0.1, -0.05) is 30.3 Å². The Morgan fingerprint density at radius 2 is 1.81 bits per heavy atom. The molecule has 0 spiro atoms. The summed E-state index contributed by atoms with van der Waals surface area (Å²) in [6.07, 6.45) is -0.744. The highest BCUT2D eigenvalue weighted by atomic mass is 31.2. The molecular weight excluding hydrogens is 359 g/mol. The van der Waals surface area contributed by atoms with Crippen LogP contribution in [0.5, 0.6) is 0 Å². The van der Waals surface area contributed by atoms with Crippen molar-refractivity contribution in [1.82, 2.24) is 10.4 Å². The van der Waals surface area contributed by atoms with Crippen LogP contribution in [0.4, 0.5) is 4.79 Å². The maximum atomic E-state index is 13.4. The summed E-state index contributed by atoms with van der Waals surface area (Å²) in [5, 5.41) is 5.20. The fourth-order valence-electron chi connectivity index (χ4n) is 2.07. The number of hydrogen-bond acceptors (Lipinski definition) is 6. The van der Waals surface area contributed by atoms with Crippen LogP contribution >= 0.6 is 7.52 Å². The van der Waals surface area contributed by atoms with Crippen molar-refractivity contribution in [3.8, 4) is 0 Å². The van der Waals surface area contributed by atoms with Crippen LogP contribution in [0.2, 0.25) is 0 Å². The minimum Gasteiger partial charge on any atom is -0.468 e. The van der Waals surface area contributed by atoms with Gasteiger partial charge in [-0.25, -0.2) is 9.88 Å². The standard InChI is InChI=1S/C17H27N2O6P/c1-6-24-26(22,18-12-14(20)23-5)15(13-10-8-7-9-11-13)19-16(21)25-17(2,3)4/h7-11,15H,6,12H2,1-5H3,(H,18,22)(H,19,21). The average molecular weight is 386 g/mol. The molecule has 26 heavy (non-hydrogen) atoms. The van der Waals surface area contributed by atoms with Gasteiger partial charge in [-0.2, -0.15) is 0 Å². The number of rotatable bonds is 8.